The summed E-state index contributed by atoms with van der Waals surface area (Å²) in [5, 5.41) is 2.18. The molecule has 2 N–H and O–H groups in total. The van der Waals surface area contributed by atoms with Crippen molar-refractivity contribution < 1.29 is 37.0 Å². The van der Waals surface area contributed by atoms with Gasteiger partial charge in [0.2, 0.25) is 6.10 Å². The van der Waals surface area contributed by atoms with Crippen molar-refractivity contribution in [1.82, 2.24) is 4.98 Å². The molecule has 1 unspecified atom stereocenters. The lowest BCUT2D eigenvalue weighted by Gasteiger charge is -2.19. The van der Waals surface area contributed by atoms with E-state index in [2.05, 4.69) is 10.3 Å². The van der Waals surface area contributed by atoms with Gasteiger partial charge in [0.1, 0.15) is 5.69 Å². The van der Waals surface area contributed by atoms with Gasteiger partial charge in [0.15, 0.2) is 0 Å². The summed E-state index contributed by atoms with van der Waals surface area (Å²) in [4.78, 5) is 41.2. The summed E-state index contributed by atoms with van der Waals surface area (Å²) in [6.45, 7) is 4.83. The number of H-pyrrole nitrogens is 1. The van der Waals surface area contributed by atoms with Gasteiger partial charge < -0.3 is 19.8 Å². The number of hydrogen-bond acceptors (Lipinski definition) is 5. The molecule has 3 rings (SSSR count). The molecule has 7 nitrogen and oxygen atoms in total. The van der Waals surface area contributed by atoms with Gasteiger partial charge >= 0.3 is 18.1 Å². The number of anilines is 1. The van der Waals surface area contributed by atoms with E-state index in [0.29, 0.717) is 11.8 Å². The van der Waals surface area contributed by atoms with Crippen LogP contribution in [0.5, 0.6) is 0 Å². The first-order valence-electron chi connectivity index (χ1n) is 10.7. The molecule has 36 heavy (non-hydrogen) atoms. The van der Waals surface area contributed by atoms with E-state index in [1.54, 1.807) is 32.0 Å². The largest absolute Gasteiger partial charge is 0.461 e. The zero-order chi connectivity index (χ0) is 26.6. The van der Waals surface area contributed by atoms with Gasteiger partial charge in [-0.25, -0.2) is 9.59 Å². The highest BCUT2D eigenvalue weighted by Crippen LogP contribution is 2.34. The topological polar surface area (TPSA) is 97.5 Å². The molecule has 0 aliphatic carbocycles. The fourth-order valence-electron chi connectivity index (χ4n) is 3.53. The van der Waals surface area contributed by atoms with Crippen LogP contribution in [0, 0.1) is 13.8 Å². The second-order valence-corrected chi connectivity index (χ2v) is 8.13. The van der Waals surface area contributed by atoms with Crippen molar-refractivity contribution in [3.05, 3.63) is 87.2 Å². The molecule has 0 fully saturated rings. The number of halogens is 4. The number of hydrogen-bond donors (Lipinski definition) is 2. The summed E-state index contributed by atoms with van der Waals surface area (Å²) < 4.78 is 49.9. The van der Waals surface area contributed by atoms with Crippen LogP contribution < -0.4 is 5.32 Å². The number of aromatic nitrogens is 1. The Morgan fingerprint density at radius 3 is 2.33 bits per heavy atom. The van der Waals surface area contributed by atoms with Gasteiger partial charge in [-0.2, -0.15) is 13.2 Å². The van der Waals surface area contributed by atoms with Crippen LogP contribution in [0.4, 0.5) is 18.9 Å². The first kappa shape index (κ1) is 26.8. The van der Waals surface area contributed by atoms with Crippen molar-refractivity contribution in [3.8, 4) is 0 Å². The Morgan fingerprint density at radius 2 is 1.72 bits per heavy atom. The van der Waals surface area contributed by atoms with Crippen LogP contribution >= 0.6 is 11.6 Å². The van der Waals surface area contributed by atoms with Crippen molar-refractivity contribution in [3.63, 3.8) is 0 Å². The molecule has 0 aliphatic rings. The van der Waals surface area contributed by atoms with Gasteiger partial charge in [-0.3, -0.25) is 4.79 Å². The lowest BCUT2D eigenvalue weighted by atomic mass is 10.1. The van der Waals surface area contributed by atoms with Crippen molar-refractivity contribution in [2.75, 3.05) is 11.9 Å². The maximum Gasteiger partial charge on any atom is 0.416 e. The normalized spacial score (nSPS) is 12.1. The number of amides is 1. The summed E-state index contributed by atoms with van der Waals surface area (Å²) in [5.74, 6) is -2.50. The zero-order valence-electron chi connectivity index (χ0n) is 19.5. The standard InChI is InChI=1S/C25H22ClF3N2O5/c1-4-35-24(34)20-13(2)19(14(3)30-20)23(33)36-21(15-8-6-5-7-9-15)22(32)31-18-12-16(25(27,28)29)10-11-17(18)26/h5-12,21,30H,4H2,1-3H3,(H,31,32). The Labute approximate surface area is 209 Å². The predicted molar refractivity (Wildman–Crippen MR) is 126 cm³/mol. The van der Waals surface area contributed by atoms with Crippen LogP contribution in [-0.4, -0.2) is 29.4 Å². The molecule has 1 aromatic heterocycles. The van der Waals surface area contributed by atoms with E-state index < -0.39 is 35.7 Å². The molecular formula is C25H22ClF3N2O5. The summed E-state index contributed by atoms with van der Waals surface area (Å²) in [6, 6.07) is 10.4. The predicted octanol–water partition coefficient (Wildman–Crippen LogP) is 6.02. The monoisotopic (exact) mass is 522 g/mol. The second kappa shape index (κ2) is 10.9. The van der Waals surface area contributed by atoms with Crippen molar-refractivity contribution >= 4 is 35.1 Å². The third kappa shape index (κ3) is 5.88. The third-order valence-electron chi connectivity index (χ3n) is 5.24. The number of ether oxygens (including phenoxy) is 2. The van der Waals surface area contributed by atoms with Crippen LogP contribution in [0.2, 0.25) is 5.02 Å². The molecule has 2 aromatic carbocycles. The van der Waals surface area contributed by atoms with E-state index in [4.69, 9.17) is 21.1 Å². The van der Waals surface area contributed by atoms with Gasteiger partial charge in [0, 0.05) is 11.3 Å². The number of carbonyl (C=O) groups excluding carboxylic acids is 3. The summed E-state index contributed by atoms with van der Waals surface area (Å²) in [7, 11) is 0. The number of esters is 2. The fraction of sp³-hybridized carbons (Fsp3) is 0.240. The molecule has 11 heteroatoms. The molecule has 1 atom stereocenters. The molecule has 1 heterocycles. The number of rotatable bonds is 7. The van der Waals surface area contributed by atoms with Crippen LogP contribution in [0.15, 0.2) is 48.5 Å². The van der Waals surface area contributed by atoms with E-state index in [-0.39, 0.29) is 39.7 Å². The highest BCUT2D eigenvalue weighted by Gasteiger charge is 2.33. The zero-order valence-corrected chi connectivity index (χ0v) is 20.2. The summed E-state index contributed by atoms with van der Waals surface area (Å²) in [6.07, 6.45) is -6.20. The number of aryl methyl sites for hydroxylation is 1. The Hall–Kier alpha value is -3.79. The lowest BCUT2D eigenvalue weighted by molar-refractivity contribution is -0.137. The second-order valence-electron chi connectivity index (χ2n) is 7.72. The lowest BCUT2D eigenvalue weighted by Crippen LogP contribution is -2.26. The minimum atomic E-state index is -4.66. The van der Waals surface area contributed by atoms with Gasteiger partial charge in [-0.1, -0.05) is 41.9 Å². The number of benzene rings is 2. The maximum atomic E-state index is 13.2. The molecule has 1 amide bonds. The van der Waals surface area contributed by atoms with E-state index in [0.717, 1.165) is 12.1 Å². The average Bonchev–Trinajstić information content (AvgIpc) is 3.12. The fourth-order valence-corrected chi connectivity index (χ4v) is 3.69. The van der Waals surface area contributed by atoms with E-state index in [1.165, 1.54) is 19.1 Å². The Bertz CT molecular complexity index is 1290. The SMILES string of the molecule is CCOC(=O)c1[nH]c(C)c(C(=O)OC(C(=O)Nc2cc(C(F)(F)F)ccc2Cl)c2ccccc2)c1C. The first-order chi connectivity index (χ1) is 16.9. The van der Waals surface area contributed by atoms with Gasteiger partial charge in [0.25, 0.3) is 5.91 Å². The third-order valence-corrected chi connectivity index (χ3v) is 5.57. The minimum absolute atomic E-state index is 0.0314. The van der Waals surface area contributed by atoms with Gasteiger partial charge in [0.05, 0.1) is 28.4 Å². The maximum absolute atomic E-state index is 13.2. The van der Waals surface area contributed by atoms with Crippen LogP contribution in [0.3, 0.4) is 0 Å². The van der Waals surface area contributed by atoms with E-state index in [1.807, 2.05) is 0 Å². The molecule has 0 saturated heterocycles. The first-order valence-corrected chi connectivity index (χ1v) is 11.1. The van der Waals surface area contributed by atoms with Crippen LogP contribution in [0.1, 0.15) is 56.3 Å². The average molecular weight is 523 g/mol. The quantitative estimate of drug-likeness (QED) is 0.370. The van der Waals surface area contributed by atoms with E-state index in [9.17, 15) is 27.6 Å². The highest BCUT2D eigenvalue weighted by molar-refractivity contribution is 6.33. The smallest absolute Gasteiger partial charge is 0.416 e. The van der Waals surface area contributed by atoms with Crippen molar-refractivity contribution in [2.45, 2.75) is 33.1 Å². The van der Waals surface area contributed by atoms with Crippen molar-refractivity contribution in [1.29, 1.82) is 0 Å². The van der Waals surface area contributed by atoms with Gasteiger partial charge in [-0.05, 0) is 44.5 Å². The Kier molecular flexibility index (Phi) is 8.09. The molecule has 0 spiro atoms. The number of alkyl halides is 3. The molecule has 0 radical (unpaired) electrons. The molecule has 0 bridgehead atoms. The molecule has 0 saturated carbocycles. The highest BCUT2D eigenvalue weighted by atomic mass is 35.5. The van der Waals surface area contributed by atoms with Crippen LogP contribution in [-0.2, 0) is 20.4 Å². The number of nitrogens with one attached hydrogen (secondary N) is 2. The molecule has 3 aromatic rings. The Balaban J connectivity index is 1.94. The summed E-state index contributed by atoms with van der Waals surface area (Å²) >= 11 is 6.00. The van der Waals surface area contributed by atoms with Crippen molar-refractivity contribution in [2.24, 2.45) is 0 Å². The van der Waals surface area contributed by atoms with Crippen LogP contribution in [0.25, 0.3) is 0 Å². The van der Waals surface area contributed by atoms with E-state index >= 15 is 0 Å². The number of carbonyl (C=O) groups is 3. The van der Waals surface area contributed by atoms with Gasteiger partial charge in [-0.15, -0.1) is 0 Å². The molecular weight excluding hydrogens is 501 g/mol. The molecule has 190 valence electrons. The summed E-state index contributed by atoms with van der Waals surface area (Å²) in [5.41, 5.74) is -0.366. The minimum Gasteiger partial charge on any atom is -0.461 e. The number of aromatic amines is 1. The Morgan fingerprint density at radius 1 is 1.06 bits per heavy atom. The molecule has 0 aliphatic heterocycles.